The predicted molar refractivity (Wildman–Crippen MR) is 93.9 cm³/mol. The zero-order chi connectivity index (χ0) is 18.2. The summed E-state index contributed by atoms with van der Waals surface area (Å²) in [6.07, 6.45) is -0.808. The van der Waals surface area contributed by atoms with Gasteiger partial charge in [-0.3, -0.25) is 9.59 Å². The van der Waals surface area contributed by atoms with Crippen molar-refractivity contribution < 1.29 is 23.8 Å². The number of hydrogen-bond donors (Lipinski definition) is 1. The van der Waals surface area contributed by atoms with Gasteiger partial charge in [-0.1, -0.05) is 12.1 Å². The van der Waals surface area contributed by atoms with Crippen LogP contribution in [0.15, 0.2) is 48.5 Å². The number of benzene rings is 2. The summed E-state index contributed by atoms with van der Waals surface area (Å²) in [7, 11) is 3.14. The van der Waals surface area contributed by atoms with Gasteiger partial charge >= 0.3 is 5.97 Å². The summed E-state index contributed by atoms with van der Waals surface area (Å²) < 4.78 is 15.3. The molecular weight excluding hydrogens is 322 g/mol. The van der Waals surface area contributed by atoms with Crippen LogP contribution in [0, 0.1) is 0 Å². The Morgan fingerprint density at radius 2 is 1.44 bits per heavy atom. The molecule has 2 rings (SSSR count). The van der Waals surface area contributed by atoms with Crippen LogP contribution >= 0.6 is 0 Å². The van der Waals surface area contributed by atoms with Crippen molar-refractivity contribution in [2.45, 2.75) is 19.4 Å². The molecule has 6 heteroatoms. The number of carbonyl (C=O) groups excluding carboxylic acids is 2. The van der Waals surface area contributed by atoms with Crippen LogP contribution in [0.4, 0.5) is 5.69 Å². The molecule has 0 aliphatic rings. The Bertz CT molecular complexity index is 710. The van der Waals surface area contributed by atoms with E-state index in [2.05, 4.69) is 5.32 Å². The van der Waals surface area contributed by atoms with E-state index >= 15 is 0 Å². The number of carbonyl (C=O) groups is 2. The molecule has 0 aliphatic carbocycles. The van der Waals surface area contributed by atoms with Crippen molar-refractivity contribution in [3.8, 4) is 11.5 Å². The molecule has 2 aromatic rings. The molecule has 0 aliphatic heterocycles. The first-order chi connectivity index (χ1) is 12.0. The third kappa shape index (κ3) is 5.53. The summed E-state index contributed by atoms with van der Waals surface area (Å²) in [5, 5.41) is 2.69. The molecule has 1 unspecified atom stereocenters. The monoisotopic (exact) mass is 343 g/mol. The Morgan fingerprint density at radius 3 is 1.96 bits per heavy atom. The average Bonchev–Trinajstić information content (AvgIpc) is 2.62. The zero-order valence-corrected chi connectivity index (χ0v) is 14.4. The number of nitrogens with one attached hydrogen (secondary N) is 1. The third-order valence-electron chi connectivity index (χ3n) is 3.54. The molecule has 0 saturated heterocycles. The molecule has 0 fully saturated rings. The van der Waals surface area contributed by atoms with E-state index < -0.39 is 18.0 Å². The maximum atomic E-state index is 12.1. The molecule has 1 atom stereocenters. The SMILES string of the molecule is COc1ccc(CC(=O)OC(C)C(=O)Nc2ccc(OC)cc2)cc1. The summed E-state index contributed by atoms with van der Waals surface area (Å²) in [6.45, 7) is 1.53. The average molecular weight is 343 g/mol. The van der Waals surface area contributed by atoms with Crippen LogP contribution in [-0.2, 0) is 20.7 Å². The van der Waals surface area contributed by atoms with E-state index in [-0.39, 0.29) is 6.42 Å². The molecule has 132 valence electrons. The van der Waals surface area contributed by atoms with Gasteiger partial charge in [0.1, 0.15) is 11.5 Å². The van der Waals surface area contributed by atoms with Crippen molar-refractivity contribution in [1.29, 1.82) is 0 Å². The molecule has 0 saturated carbocycles. The Balaban J connectivity index is 1.85. The minimum Gasteiger partial charge on any atom is -0.497 e. The van der Waals surface area contributed by atoms with E-state index in [4.69, 9.17) is 14.2 Å². The molecule has 1 N–H and O–H groups in total. The van der Waals surface area contributed by atoms with Crippen LogP contribution < -0.4 is 14.8 Å². The van der Waals surface area contributed by atoms with Gasteiger partial charge in [0.25, 0.3) is 5.91 Å². The molecule has 0 heterocycles. The summed E-state index contributed by atoms with van der Waals surface area (Å²) >= 11 is 0. The number of anilines is 1. The summed E-state index contributed by atoms with van der Waals surface area (Å²) in [5.41, 5.74) is 1.39. The van der Waals surface area contributed by atoms with Crippen LogP contribution in [0.3, 0.4) is 0 Å². The number of amides is 1. The van der Waals surface area contributed by atoms with E-state index in [0.717, 1.165) is 5.56 Å². The molecule has 6 nitrogen and oxygen atoms in total. The largest absolute Gasteiger partial charge is 0.497 e. The highest BCUT2D eigenvalue weighted by atomic mass is 16.5. The summed E-state index contributed by atoms with van der Waals surface area (Å²) in [6, 6.07) is 14.0. The maximum Gasteiger partial charge on any atom is 0.311 e. The number of hydrogen-bond acceptors (Lipinski definition) is 5. The van der Waals surface area contributed by atoms with Gasteiger partial charge in [0.05, 0.1) is 20.6 Å². The first-order valence-corrected chi connectivity index (χ1v) is 7.79. The molecule has 25 heavy (non-hydrogen) atoms. The lowest BCUT2D eigenvalue weighted by Crippen LogP contribution is -2.30. The second-order valence-corrected chi connectivity index (χ2v) is 5.37. The van der Waals surface area contributed by atoms with Crippen LogP contribution in [0.1, 0.15) is 12.5 Å². The van der Waals surface area contributed by atoms with Crippen LogP contribution in [-0.4, -0.2) is 32.2 Å². The van der Waals surface area contributed by atoms with Crippen LogP contribution in [0.25, 0.3) is 0 Å². The minimum absolute atomic E-state index is 0.0875. The molecule has 0 radical (unpaired) electrons. The van der Waals surface area contributed by atoms with E-state index in [9.17, 15) is 9.59 Å². The van der Waals surface area contributed by atoms with Gasteiger partial charge in [-0.25, -0.2) is 0 Å². The quantitative estimate of drug-likeness (QED) is 0.783. The topological polar surface area (TPSA) is 73.9 Å². The fourth-order valence-electron chi connectivity index (χ4n) is 2.12. The summed E-state index contributed by atoms with van der Waals surface area (Å²) in [4.78, 5) is 24.1. The molecule has 0 spiro atoms. The fraction of sp³-hybridized carbons (Fsp3) is 0.263. The van der Waals surface area contributed by atoms with Crippen molar-refractivity contribution in [2.75, 3.05) is 19.5 Å². The molecular formula is C19H21NO5. The van der Waals surface area contributed by atoms with Gasteiger partial charge in [0, 0.05) is 5.69 Å². The highest BCUT2D eigenvalue weighted by molar-refractivity contribution is 5.95. The Morgan fingerprint density at radius 1 is 0.920 bits per heavy atom. The Kier molecular flexibility index (Phi) is 6.39. The second kappa shape index (κ2) is 8.73. The van der Waals surface area contributed by atoms with Crippen molar-refractivity contribution in [3.63, 3.8) is 0 Å². The standard InChI is InChI=1S/C19H21NO5/c1-13(19(22)20-15-6-10-17(24-3)11-7-15)25-18(21)12-14-4-8-16(23-2)9-5-14/h4-11,13H,12H2,1-3H3,(H,20,22). The predicted octanol–water partition coefficient (Wildman–Crippen LogP) is 2.82. The number of methoxy groups -OCH3 is 2. The van der Waals surface area contributed by atoms with E-state index in [1.165, 1.54) is 6.92 Å². The smallest absolute Gasteiger partial charge is 0.311 e. The fourth-order valence-corrected chi connectivity index (χ4v) is 2.12. The van der Waals surface area contributed by atoms with Crippen molar-refractivity contribution in [1.82, 2.24) is 0 Å². The maximum absolute atomic E-state index is 12.1. The lowest BCUT2D eigenvalue weighted by Gasteiger charge is -2.14. The van der Waals surface area contributed by atoms with Crippen molar-refractivity contribution in [2.24, 2.45) is 0 Å². The van der Waals surface area contributed by atoms with E-state index in [1.54, 1.807) is 62.8 Å². The number of esters is 1. The number of rotatable bonds is 7. The lowest BCUT2D eigenvalue weighted by atomic mass is 10.1. The van der Waals surface area contributed by atoms with Crippen LogP contribution in [0.5, 0.6) is 11.5 Å². The molecule has 0 aromatic heterocycles. The minimum atomic E-state index is -0.896. The van der Waals surface area contributed by atoms with E-state index in [1.807, 2.05) is 0 Å². The highest BCUT2D eigenvalue weighted by Gasteiger charge is 2.18. The van der Waals surface area contributed by atoms with Gasteiger partial charge in [-0.2, -0.15) is 0 Å². The van der Waals surface area contributed by atoms with Gasteiger partial charge in [0.2, 0.25) is 0 Å². The Labute approximate surface area is 146 Å². The Hall–Kier alpha value is -3.02. The first-order valence-electron chi connectivity index (χ1n) is 7.79. The van der Waals surface area contributed by atoms with Crippen molar-refractivity contribution in [3.05, 3.63) is 54.1 Å². The third-order valence-corrected chi connectivity index (χ3v) is 3.54. The molecule has 1 amide bonds. The highest BCUT2D eigenvalue weighted by Crippen LogP contribution is 2.16. The van der Waals surface area contributed by atoms with Gasteiger partial charge in [-0.05, 0) is 48.9 Å². The van der Waals surface area contributed by atoms with Crippen molar-refractivity contribution >= 4 is 17.6 Å². The lowest BCUT2D eigenvalue weighted by molar-refractivity contribution is -0.152. The number of ether oxygens (including phenoxy) is 3. The zero-order valence-electron chi connectivity index (χ0n) is 14.4. The van der Waals surface area contributed by atoms with Gasteiger partial charge < -0.3 is 19.5 Å². The van der Waals surface area contributed by atoms with E-state index in [0.29, 0.717) is 17.2 Å². The second-order valence-electron chi connectivity index (χ2n) is 5.37. The summed E-state index contributed by atoms with van der Waals surface area (Å²) in [5.74, 6) is 0.539. The molecule has 0 bridgehead atoms. The van der Waals surface area contributed by atoms with Crippen LogP contribution in [0.2, 0.25) is 0 Å². The normalized spacial score (nSPS) is 11.3. The van der Waals surface area contributed by atoms with Gasteiger partial charge in [-0.15, -0.1) is 0 Å². The van der Waals surface area contributed by atoms with Gasteiger partial charge in [0.15, 0.2) is 6.10 Å². The molecule has 2 aromatic carbocycles. The first kappa shape index (κ1) is 18.3.